The number of anilines is 1. The molecular weight excluding hydrogens is 218 g/mol. The predicted molar refractivity (Wildman–Crippen MR) is 64.7 cm³/mol. The number of nitrogens with two attached hydrogens (primary N) is 1. The van der Waals surface area contributed by atoms with Crippen LogP contribution in [0.4, 0.5) is 5.69 Å². The highest BCUT2D eigenvalue weighted by atomic mass is 16.6. The van der Waals surface area contributed by atoms with E-state index < -0.39 is 0 Å². The van der Waals surface area contributed by atoms with Crippen molar-refractivity contribution in [2.45, 2.75) is 31.8 Å². The molecule has 92 valence electrons. The van der Waals surface area contributed by atoms with Crippen LogP contribution in [0.3, 0.4) is 0 Å². The predicted octanol–water partition coefficient (Wildman–Crippen LogP) is 2.13. The fourth-order valence-corrected chi connectivity index (χ4v) is 1.97. The van der Waals surface area contributed by atoms with Crippen LogP contribution in [0, 0.1) is 0 Å². The summed E-state index contributed by atoms with van der Waals surface area (Å²) >= 11 is 0. The number of nitrogen functional groups attached to an aromatic ring is 1. The molecule has 2 rings (SSSR count). The van der Waals surface area contributed by atoms with Gasteiger partial charge in [0.15, 0.2) is 6.61 Å². The Labute approximate surface area is 101 Å². The smallest absolute Gasteiger partial charge is 0.344 e. The lowest BCUT2D eigenvalue weighted by molar-refractivity contribution is -0.151. The lowest BCUT2D eigenvalue weighted by Gasteiger charge is -2.12. The molecule has 2 N–H and O–H groups in total. The minimum Gasteiger partial charge on any atom is -0.482 e. The number of rotatable bonds is 4. The summed E-state index contributed by atoms with van der Waals surface area (Å²) in [7, 11) is 0. The Morgan fingerprint density at radius 2 is 2.12 bits per heavy atom. The van der Waals surface area contributed by atoms with Gasteiger partial charge in [-0.25, -0.2) is 4.79 Å². The van der Waals surface area contributed by atoms with E-state index in [9.17, 15) is 4.79 Å². The molecule has 0 unspecified atom stereocenters. The average Bonchev–Trinajstić information content (AvgIpc) is 2.79. The Balaban J connectivity index is 1.75. The fourth-order valence-electron chi connectivity index (χ4n) is 1.97. The summed E-state index contributed by atoms with van der Waals surface area (Å²) in [4.78, 5) is 11.5. The summed E-state index contributed by atoms with van der Waals surface area (Å²) in [5.41, 5.74) is 6.22. The molecule has 0 amide bonds. The topological polar surface area (TPSA) is 61.5 Å². The third kappa shape index (κ3) is 3.66. The van der Waals surface area contributed by atoms with Crippen LogP contribution < -0.4 is 10.5 Å². The van der Waals surface area contributed by atoms with Crippen LogP contribution in [0.2, 0.25) is 0 Å². The Kier molecular flexibility index (Phi) is 3.85. The third-order valence-electron chi connectivity index (χ3n) is 2.82. The summed E-state index contributed by atoms with van der Waals surface area (Å²) < 4.78 is 10.6. The van der Waals surface area contributed by atoms with E-state index >= 15 is 0 Å². The van der Waals surface area contributed by atoms with Crippen molar-refractivity contribution in [3.8, 4) is 5.75 Å². The fraction of sp³-hybridized carbons (Fsp3) is 0.462. The highest BCUT2D eigenvalue weighted by Crippen LogP contribution is 2.21. The van der Waals surface area contributed by atoms with E-state index in [-0.39, 0.29) is 18.7 Å². The maximum atomic E-state index is 11.5. The monoisotopic (exact) mass is 235 g/mol. The second-order valence-electron chi connectivity index (χ2n) is 4.26. The van der Waals surface area contributed by atoms with Crippen LogP contribution in [-0.4, -0.2) is 18.7 Å². The molecule has 4 nitrogen and oxygen atoms in total. The summed E-state index contributed by atoms with van der Waals surface area (Å²) in [6.07, 6.45) is 4.34. The van der Waals surface area contributed by atoms with E-state index in [1.165, 1.54) is 0 Å². The number of hydrogen-bond donors (Lipinski definition) is 1. The second kappa shape index (κ2) is 5.57. The van der Waals surface area contributed by atoms with Crippen molar-refractivity contribution >= 4 is 11.7 Å². The average molecular weight is 235 g/mol. The molecule has 0 spiro atoms. The standard InChI is InChI=1S/C13H17NO3/c14-10-4-3-7-12(8-10)16-9-13(15)17-11-5-1-2-6-11/h3-4,7-8,11H,1-2,5-6,9,14H2. The molecule has 1 fully saturated rings. The highest BCUT2D eigenvalue weighted by molar-refractivity contribution is 5.71. The van der Waals surface area contributed by atoms with Gasteiger partial charge in [0.25, 0.3) is 0 Å². The molecule has 0 aliphatic heterocycles. The Hall–Kier alpha value is -1.71. The molecule has 17 heavy (non-hydrogen) atoms. The Morgan fingerprint density at radius 1 is 1.35 bits per heavy atom. The van der Waals surface area contributed by atoms with E-state index in [0.29, 0.717) is 11.4 Å². The number of ether oxygens (including phenoxy) is 2. The van der Waals surface area contributed by atoms with Gasteiger partial charge >= 0.3 is 5.97 Å². The van der Waals surface area contributed by atoms with Crippen molar-refractivity contribution in [2.75, 3.05) is 12.3 Å². The van der Waals surface area contributed by atoms with Crippen molar-refractivity contribution in [1.29, 1.82) is 0 Å². The molecule has 1 aromatic carbocycles. The quantitative estimate of drug-likeness (QED) is 0.641. The molecule has 1 aromatic rings. The molecular formula is C13H17NO3. The van der Waals surface area contributed by atoms with E-state index in [2.05, 4.69) is 0 Å². The van der Waals surface area contributed by atoms with Crippen LogP contribution in [0.1, 0.15) is 25.7 Å². The van der Waals surface area contributed by atoms with Gasteiger partial charge in [-0.05, 0) is 37.8 Å². The zero-order valence-electron chi connectivity index (χ0n) is 9.72. The Bertz CT molecular complexity index is 386. The van der Waals surface area contributed by atoms with Crippen LogP contribution in [-0.2, 0) is 9.53 Å². The van der Waals surface area contributed by atoms with E-state index in [4.69, 9.17) is 15.2 Å². The van der Waals surface area contributed by atoms with Gasteiger partial charge < -0.3 is 15.2 Å². The lowest BCUT2D eigenvalue weighted by Crippen LogP contribution is -2.20. The number of benzene rings is 1. The molecule has 0 saturated heterocycles. The number of carbonyl (C=O) groups is 1. The van der Waals surface area contributed by atoms with Crippen molar-refractivity contribution in [1.82, 2.24) is 0 Å². The van der Waals surface area contributed by atoms with Gasteiger partial charge in [0.1, 0.15) is 11.9 Å². The van der Waals surface area contributed by atoms with Gasteiger partial charge in [0.05, 0.1) is 0 Å². The van der Waals surface area contributed by atoms with Gasteiger partial charge in [-0.3, -0.25) is 0 Å². The summed E-state index contributed by atoms with van der Waals surface area (Å²) in [6, 6.07) is 7.00. The third-order valence-corrected chi connectivity index (χ3v) is 2.82. The summed E-state index contributed by atoms with van der Waals surface area (Å²) in [5, 5.41) is 0. The van der Waals surface area contributed by atoms with Gasteiger partial charge in [-0.2, -0.15) is 0 Å². The second-order valence-corrected chi connectivity index (χ2v) is 4.26. The lowest BCUT2D eigenvalue weighted by atomic mass is 10.3. The molecule has 0 aromatic heterocycles. The number of carbonyl (C=O) groups excluding carboxylic acids is 1. The maximum absolute atomic E-state index is 11.5. The molecule has 4 heteroatoms. The van der Waals surface area contributed by atoms with Gasteiger partial charge in [-0.1, -0.05) is 6.07 Å². The highest BCUT2D eigenvalue weighted by Gasteiger charge is 2.19. The van der Waals surface area contributed by atoms with Crippen molar-refractivity contribution in [3.05, 3.63) is 24.3 Å². The molecule has 0 heterocycles. The SMILES string of the molecule is Nc1cccc(OCC(=O)OC2CCCC2)c1. The molecule has 1 aliphatic carbocycles. The minimum absolute atomic E-state index is 0.0556. The molecule has 0 radical (unpaired) electrons. The van der Waals surface area contributed by atoms with Crippen LogP contribution >= 0.6 is 0 Å². The zero-order valence-corrected chi connectivity index (χ0v) is 9.72. The van der Waals surface area contributed by atoms with Crippen LogP contribution in [0.5, 0.6) is 5.75 Å². The molecule has 1 aliphatic rings. The van der Waals surface area contributed by atoms with Crippen LogP contribution in [0.15, 0.2) is 24.3 Å². The first-order chi connectivity index (χ1) is 8.24. The van der Waals surface area contributed by atoms with E-state index in [0.717, 1.165) is 25.7 Å². The summed E-state index contributed by atoms with van der Waals surface area (Å²) in [5.74, 6) is 0.285. The van der Waals surface area contributed by atoms with Gasteiger partial charge in [-0.15, -0.1) is 0 Å². The molecule has 0 bridgehead atoms. The van der Waals surface area contributed by atoms with Crippen molar-refractivity contribution in [2.24, 2.45) is 0 Å². The Morgan fingerprint density at radius 3 is 2.82 bits per heavy atom. The first-order valence-electron chi connectivity index (χ1n) is 5.92. The summed E-state index contributed by atoms with van der Waals surface area (Å²) in [6.45, 7) is -0.0556. The normalized spacial score (nSPS) is 15.8. The van der Waals surface area contributed by atoms with Gasteiger partial charge in [0, 0.05) is 11.8 Å². The molecule has 1 saturated carbocycles. The minimum atomic E-state index is -0.306. The maximum Gasteiger partial charge on any atom is 0.344 e. The first-order valence-corrected chi connectivity index (χ1v) is 5.92. The molecule has 0 atom stereocenters. The largest absolute Gasteiger partial charge is 0.482 e. The van der Waals surface area contributed by atoms with Crippen LogP contribution in [0.25, 0.3) is 0 Å². The van der Waals surface area contributed by atoms with Gasteiger partial charge in [0.2, 0.25) is 0 Å². The van der Waals surface area contributed by atoms with E-state index in [1.54, 1.807) is 24.3 Å². The first kappa shape index (κ1) is 11.8. The zero-order chi connectivity index (χ0) is 12.1. The van der Waals surface area contributed by atoms with Crippen molar-refractivity contribution in [3.63, 3.8) is 0 Å². The van der Waals surface area contributed by atoms with Crippen molar-refractivity contribution < 1.29 is 14.3 Å². The number of hydrogen-bond acceptors (Lipinski definition) is 4. The van der Waals surface area contributed by atoms with E-state index in [1.807, 2.05) is 0 Å². The number of esters is 1.